The van der Waals surface area contributed by atoms with Crippen molar-refractivity contribution in [3.8, 4) is 5.69 Å². The van der Waals surface area contributed by atoms with Crippen LogP contribution in [0.4, 0.5) is 4.39 Å². The van der Waals surface area contributed by atoms with E-state index in [1.807, 2.05) is 0 Å². The molecule has 2 aromatic rings. The predicted molar refractivity (Wildman–Crippen MR) is 53.3 cm³/mol. The van der Waals surface area contributed by atoms with E-state index in [-0.39, 0.29) is 11.4 Å². The van der Waals surface area contributed by atoms with Gasteiger partial charge in [0.15, 0.2) is 5.69 Å². The molecule has 0 aliphatic carbocycles. The van der Waals surface area contributed by atoms with Crippen molar-refractivity contribution in [3.63, 3.8) is 0 Å². The third kappa shape index (κ3) is 1.72. The number of carboxylic acid groups (broad SMARTS) is 1. The van der Waals surface area contributed by atoms with Gasteiger partial charge < -0.3 is 5.11 Å². The number of carboxylic acids is 1. The number of benzene rings is 1. The summed E-state index contributed by atoms with van der Waals surface area (Å²) in [4.78, 5) is 21.9. The Balaban J connectivity index is 2.64. The van der Waals surface area contributed by atoms with E-state index in [1.54, 1.807) is 0 Å². The van der Waals surface area contributed by atoms with E-state index in [9.17, 15) is 14.0 Å². The van der Waals surface area contributed by atoms with Crippen LogP contribution < -0.4 is 5.56 Å². The summed E-state index contributed by atoms with van der Waals surface area (Å²) in [5, 5.41) is 11.1. The fourth-order valence-electron chi connectivity index (χ4n) is 1.37. The van der Waals surface area contributed by atoms with Gasteiger partial charge in [-0.1, -0.05) is 6.07 Å². The fraction of sp³-hybridized carbons (Fsp3) is 0. The molecule has 2 rings (SSSR count). The molecule has 0 aliphatic heterocycles. The van der Waals surface area contributed by atoms with E-state index in [2.05, 4.69) is 5.10 Å². The lowest BCUT2D eigenvalue weighted by Crippen LogP contribution is -2.09. The van der Waals surface area contributed by atoms with E-state index >= 15 is 0 Å². The molecule has 0 unspecified atom stereocenters. The average molecular weight is 222 g/mol. The molecule has 0 atom stereocenters. The molecular formula is C10H7FN2O3. The Morgan fingerprint density at radius 1 is 1.38 bits per heavy atom. The topological polar surface area (TPSA) is 75.1 Å². The van der Waals surface area contributed by atoms with Crippen molar-refractivity contribution in [1.29, 1.82) is 0 Å². The molecule has 0 fully saturated rings. The molecular weight excluding hydrogens is 215 g/mol. The van der Waals surface area contributed by atoms with Gasteiger partial charge in [0.2, 0.25) is 0 Å². The van der Waals surface area contributed by atoms with Crippen LogP contribution in [-0.2, 0) is 0 Å². The van der Waals surface area contributed by atoms with Gasteiger partial charge in [0, 0.05) is 6.07 Å². The minimum Gasteiger partial charge on any atom is -0.477 e. The molecule has 0 bridgehead atoms. The zero-order valence-corrected chi connectivity index (χ0v) is 7.98. The largest absolute Gasteiger partial charge is 0.477 e. The van der Waals surface area contributed by atoms with Crippen LogP contribution in [0.3, 0.4) is 0 Å². The van der Waals surface area contributed by atoms with Gasteiger partial charge in [-0.15, -0.1) is 0 Å². The summed E-state index contributed by atoms with van der Waals surface area (Å²) in [6.45, 7) is 0. The van der Waals surface area contributed by atoms with Crippen molar-refractivity contribution in [3.05, 3.63) is 52.2 Å². The number of aromatic carboxylic acids is 1. The molecule has 2 N–H and O–H groups in total. The van der Waals surface area contributed by atoms with Crippen LogP contribution in [0.5, 0.6) is 0 Å². The molecule has 0 saturated heterocycles. The fourth-order valence-corrected chi connectivity index (χ4v) is 1.37. The third-order valence-corrected chi connectivity index (χ3v) is 2.02. The van der Waals surface area contributed by atoms with Crippen molar-refractivity contribution in [2.24, 2.45) is 0 Å². The van der Waals surface area contributed by atoms with Crippen LogP contribution in [0.25, 0.3) is 5.69 Å². The zero-order chi connectivity index (χ0) is 11.7. The summed E-state index contributed by atoms with van der Waals surface area (Å²) in [7, 11) is 0. The Morgan fingerprint density at radius 3 is 2.75 bits per heavy atom. The smallest absolute Gasteiger partial charge is 0.354 e. The maximum atomic E-state index is 12.9. The lowest BCUT2D eigenvalue weighted by Gasteiger charge is -2.04. The zero-order valence-electron chi connectivity index (χ0n) is 7.98. The van der Waals surface area contributed by atoms with Crippen LogP contribution in [0.15, 0.2) is 35.1 Å². The Kier molecular flexibility index (Phi) is 2.32. The van der Waals surface area contributed by atoms with Crippen LogP contribution in [0, 0.1) is 5.82 Å². The summed E-state index contributed by atoms with van der Waals surface area (Å²) in [5.74, 6) is -1.77. The van der Waals surface area contributed by atoms with Gasteiger partial charge in [-0.25, -0.2) is 13.9 Å². The van der Waals surface area contributed by atoms with E-state index in [0.29, 0.717) is 0 Å². The van der Waals surface area contributed by atoms with Gasteiger partial charge >= 0.3 is 5.97 Å². The maximum absolute atomic E-state index is 12.9. The van der Waals surface area contributed by atoms with Crippen molar-refractivity contribution >= 4 is 5.97 Å². The number of nitrogens with zero attached hydrogens (tertiary/aromatic N) is 1. The van der Waals surface area contributed by atoms with Crippen molar-refractivity contribution < 1.29 is 14.3 Å². The second-order valence-electron chi connectivity index (χ2n) is 3.13. The van der Waals surface area contributed by atoms with Crippen LogP contribution in [-0.4, -0.2) is 20.9 Å². The molecule has 0 saturated carbocycles. The monoisotopic (exact) mass is 222 g/mol. The molecule has 1 heterocycles. The summed E-state index contributed by atoms with van der Waals surface area (Å²) < 4.78 is 14.0. The normalized spacial score (nSPS) is 10.3. The Labute approximate surface area is 88.7 Å². The van der Waals surface area contributed by atoms with Gasteiger partial charge in [-0.2, -0.15) is 0 Å². The average Bonchev–Trinajstić information content (AvgIpc) is 2.60. The van der Waals surface area contributed by atoms with Crippen molar-refractivity contribution in [2.75, 3.05) is 0 Å². The number of carbonyl (C=O) groups is 1. The first kappa shape index (κ1) is 10.2. The number of nitrogens with one attached hydrogen (secondary N) is 1. The van der Waals surface area contributed by atoms with Gasteiger partial charge in [-0.3, -0.25) is 9.89 Å². The molecule has 16 heavy (non-hydrogen) atoms. The van der Waals surface area contributed by atoms with Gasteiger partial charge in [0.1, 0.15) is 5.82 Å². The Bertz CT molecular complexity index is 600. The number of H-pyrrole nitrogens is 1. The highest BCUT2D eigenvalue weighted by molar-refractivity contribution is 5.86. The highest BCUT2D eigenvalue weighted by atomic mass is 19.1. The Morgan fingerprint density at radius 2 is 2.12 bits per heavy atom. The minimum atomic E-state index is -1.26. The van der Waals surface area contributed by atoms with Crippen molar-refractivity contribution in [1.82, 2.24) is 9.78 Å². The Hall–Kier alpha value is -2.37. The summed E-state index contributed by atoms with van der Waals surface area (Å²) in [5.41, 5.74) is -0.545. The second kappa shape index (κ2) is 3.65. The predicted octanol–water partition coefficient (Wildman–Crippen LogP) is 1.00. The molecule has 0 spiro atoms. The molecule has 0 amide bonds. The number of aromatic nitrogens is 2. The van der Waals surface area contributed by atoms with E-state index in [1.165, 1.54) is 18.2 Å². The minimum absolute atomic E-state index is 0.240. The number of halogens is 1. The summed E-state index contributed by atoms with van der Waals surface area (Å²) in [6.07, 6.45) is 0. The SMILES string of the molecule is O=C(O)c1cc(=O)[nH]n1-c1cccc(F)c1. The van der Waals surface area contributed by atoms with Crippen LogP contribution >= 0.6 is 0 Å². The number of rotatable bonds is 2. The summed E-state index contributed by atoms with van der Waals surface area (Å²) in [6, 6.07) is 6.21. The molecule has 0 aliphatic rings. The maximum Gasteiger partial charge on any atom is 0.354 e. The highest BCUT2D eigenvalue weighted by Gasteiger charge is 2.13. The number of hydrogen-bond donors (Lipinski definition) is 2. The second-order valence-corrected chi connectivity index (χ2v) is 3.13. The summed E-state index contributed by atoms with van der Waals surface area (Å²) >= 11 is 0. The van der Waals surface area contributed by atoms with Crippen LogP contribution in [0.1, 0.15) is 10.5 Å². The first-order chi connectivity index (χ1) is 7.58. The van der Waals surface area contributed by atoms with Gasteiger partial charge in [0.25, 0.3) is 5.56 Å². The van der Waals surface area contributed by atoms with Gasteiger partial charge in [-0.05, 0) is 18.2 Å². The quantitative estimate of drug-likeness (QED) is 0.796. The molecule has 82 valence electrons. The first-order valence-electron chi connectivity index (χ1n) is 4.39. The molecule has 0 radical (unpaired) electrons. The molecule has 1 aromatic carbocycles. The van der Waals surface area contributed by atoms with Crippen molar-refractivity contribution in [2.45, 2.75) is 0 Å². The van der Waals surface area contributed by atoms with Crippen LogP contribution in [0.2, 0.25) is 0 Å². The highest BCUT2D eigenvalue weighted by Crippen LogP contribution is 2.10. The third-order valence-electron chi connectivity index (χ3n) is 2.02. The van der Waals surface area contributed by atoms with E-state index in [4.69, 9.17) is 5.11 Å². The number of hydrogen-bond acceptors (Lipinski definition) is 2. The van der Waals surface area contributed by atoms with E-state index in [0.717, 1.165) is 16.8 Å². The van der Waals surface area contributed by atoms with Gasteiger partial charge in [0.05, 0.1) is 5.69 Å². The standard InChI is InChI=1S/C10H7FN2O3/c11-6-2-1-3-7(4-6)13-8(10(15)16)5-9(14)12-13/h1-5H,(H,12,14)(H,15,16). The molecule has 6 heteroatoms. The molecule has 5 nitrogen and oxygen atoms in total. The lowest BCUT2D eigenvalue weighted by molar-refractivity contribution is 0.0687. The number of aromatic amines is 1. The lowest BCUT2D eigenvalue weighted by atomic mass is 10.3. The first-order valence-corrected chi connectivity index (χ1v) is 4.39. The van der Waals surface area contributed by atoms with E-state index < -0.39 is 17.3 Å². The molecule has 1 aromatic heterocycles.